The highest BCUT2D eigenvalue weighted by atomic mass is 16.6. The molecule has 0 aliphatic rings. The van der Waals surface area contributed by atoms with Gasteiger partial charge < -0.3 is 15.4 Å². The van der Waals surface area contributed by atoms with Crippen molar-refractivity contribution in [2.24, 2.45) is 5.73 Å². The highest BCUT2D eigenvalue weighted by Gasteiger charge is 2.25. The minimum Gasteiger partial charge on any atom is -0.444 e. The van der Waals surface area contributed by atoms with E-state index in [1.54, 1.807) is 41.1 Å². The molecule has 0 spiro atoms. The van der Waals surface area contributed by atoms with Gasteiger partial charge in [0.15, 0.2) is 0 Å². The second kappa shape index (κ2) is 7.92. The molecule has 0 fully saturated rings. The number of ether oxygens (including phenoxy) is 1. The number of aromatic nitrogens is 1. The predicted molar refractivity (Wildman–Crippen MR) is 87.5 cm³/mol. The summed E-state index contributed by atoms with van der Waals surface area (Å²) in [6, 6.07) is 3.63. The minimum absolute atomic E-state index is 0.0730. The Labute approximate surface area is 137 Å². The molecule has 1 aromatic heterocycles. The maximum absolute atomic E-state index is 12.4. The van der Waals surface area contributed by atoms with Gasteiger partial charge in [-0.15, -0.1) is 0 Å². The summed E-state index contributed by atoms with van der Waals surface area (Å²) in [7, 11) is 3.28. The van der Waals surface area contributed by atoms with Gasteiger partial charge in [0.2, 0.25) is 5.91 Å². The SMILES string of the molecule is CN(C)C(=O)CN(Cc1cc(CN)ccn1)C(=O)OC(C)(C)C. The van der Waals surface area contributed by atoms with Crippen LogP contribution in [-0.2, 0) is 22.6 Å². The van der Waals surface area contributed by atoms with Crippen molar-refractivity contribution in [3.63, 3.8) is 0 Å². The summed E-state index contributed by atoms with van der Waals surface area (Å²) in [5.74, 6) is -0.189. The molecule has 0 aliphatic carbocycles. The Bertz CT molecular complexity index is 553. The normalized spacial score (nSPS) is 11.0. The van der Waals surface area contributed by atoms with Crippen molar-refractivity contribution in [3.05, 3.63) is 29.6 Å². The van der Waals surface area contributed by atoms with Gasteiger partial charge in [-0.1, -0.05) is 0 Å². The average molecular weight is 322 g/mol. The lowest BCUT2D eigenvalue weighted by Gasteiger charge is -2.27. The van der Waals surface area contributed by atoms with Crippen LogP contribution in [0.4, 0.5) is 4.79 Å². The van der Waals surface area contributed by atoms with Crippen LogP contribution in [0.5, 0.6) is 0 Å². The van der Waals surface area contributed by atoms with Crippen LogP contribution in [0.15, 0.2) is 18.3 Å². The van der Waals surface area contributed by atoms with E-state index < -0.39 is 11.7 Å². The molecule has 1 aromatic rings. The second-order valence-corrected chi connectivity index (χ2v) is 6.48. The zero-order chi connectivity index (χ0) is 17.6. The summed E-state index contributed by atoms with van der Waals surface area (Å²) in [6.07, 6.45) is 1.09. The Morgan fingerprint density at radius 2 is 1.96 bits per heavy atom. The Balaban J connectivity index is 2.93. The molecule has 7 heteroatoms. The van der Waals surface area contributed by atoms with Crippen molar-refractivity contribution in [2.45, 2.75) is 39.5 Å². The molecule has 1 rings (SSSR count). The highest BCUT2D eigenvalue weighted by molar-refractivity contribution is 5.82. The van der Waals surface area contributed by atoms with Crippen LogP contribution in [0.25, 0.3) is 0 Å². The van der Waals surface area contributed by atoms with Crippen molar-refractivity contribution >= 4 is 12.0 Å². The lowest BCUT2D eigenvalue weighted by Crippen LogP contribution is -2.42. The van der Waals surface area contributed by atoms with Gasteiger partial charge in [-0.3, -0.25) is 14.7 Å². The third kappa shape index (κ3) is 6.65. The Hall–Kier alpha value is -2.15. The first-order chi connectivity index (χ1) is 10.6. The van der Waals surface area contributed by atoms with E-state index in [0.29, 0.717) is 12.2 Å². The number of rotatable bonds is 5. The summed E-state index contributed by atoms with van der Waals surface area (Å²) in [4.78, 5) is 31.3. The van der Waals surface area contributed by atoms with Crippen molar-refractivity contribution < 1.29 is 14.3 Å². The van der Waals surface area contributed by atoms with Crippen LogP contribution >= 0.6 is 0 Å². The van der Waals surface area contributed by atoms with Gasteiger partial charge in [-0.2, -0.15) is 0 Å². The molecular formula is C16H26N4O3. The standard InChI is InChI=1S/C16H26N4O3/c1-16(2,3)23-15(22)20(11-14(21)19(4)5)10-13-8-12(9-17)6-7-18-13/h6-8H,9-11,17H2,1-5H3. The maximum Gasteiger partial charge on any atom is 0.411 e. The monoisotopic (exact) mass is 322 g/mol. The molecule has 0 atom stereocenters. The number of hydrogen-bond donors (Lipinski definition) is 1. The maximum atomic E-state index is 12.4. The van der Waals surface area contributed by atoms with E-state index in [4.69, 9.17) is 10.5 Å². The van der Waals surface area contributed by atoms with Crippen molar-refractivity contribution in [3.8, 4) is 0 Å². The average Bonchev–Trinajstić information content (AvgIpc) is 2.44. The zero-order valence-electron chi connectivity index (χ0n) is 14.5. The lowest BCUT2D eigenvalue weighted by atomic mass is 10.2. The lowest BCUT2D eigenvalue weighted by molar-refractivity contribution is -0.130. The largest absolute Gasteiger partial charge is 0.444 e. The topological polar surface area (TPSA) is 88.8 Å². The summed E-state index contributed by atoms with van der Waals surface area (Å²) >= 11 is 0. The van der Waals surface area contributed by atoms with Crippen LogP contribution in [0.2, 0.25) is 0 Å². The number of hydrogen-bond acceptors (Lipinski definition) is 5. The molecule has 2 N–H and O–H groups in total. The first-order valence-electron chi connectivity index (χ1n) is 7.44. The fourth-order valence-corrected chi connectivity index (χ4v) is 1.75. The molecule has 0 radical (unpaired) electrons. The molecule has 0 bridgehead atoms. The molecule has 0 unspecified atom stereocenters. The summed E-state index contributed by atoms with van der Waals surface area (Å²) in [5, 5.41) is 0. The van der Waals surface area contributed by atoms with E-state index in [1.165, 1.54) is 9.80 Å². The van der Waals surface area contributed by atoms with Crippen LogP contribution in [-0.4, -0.2) is 53.0 Å². The van der Waals surface area contributed by atoms with Gasteiger partial charge in [0.05, 0.1) is 12.2 Å². The van der Waals surface area contributed by atoms with E-state index in [0.717, 1.165) is 5.56 Å². The Morgan fingerprint density at radius 1 is 1.30 bits per heavy atom. The molecule has 0 aliphatic heterocycles. The van der Waals surface area contributed by atoms with E-state index >= 15 is 0 Å². The Kier molecular flexibility index (Phi) is 6.50. The molecule has 23 heavy (non-hydrogen) atoms. The van der Waals surface area contributed by atoms with Gasteiger partial charge in [0.1, 0.15) is 12.1 Å². The number of carbonyl (C=O) groups is 2. The molecule has 128 valence electrons. The second-order valence-electron chi connectivity index (χ2n) is 6.48. The van der Waals surface area contributed by atoms with Crippen LogP contribution in [0.3, 0.4) is 0 Å². The summed E-state index contributed by atoms with van der Waals surface area (Å²) < 4.78 is 5.37. The predicted octanol–water partition coefficient (Wildman–Crippen LogP) is 1.37. The number of nitrogens with two attached hydrogens (primary N) is 1. The molecule has 1 heterocycles. The van der Waals surface area contributed by atoms with E-state index in [2.05, 4.69) is 4.98 Å². The number of amides is 2. The fourth-order valence-electron chi connectivity index (χ4n) is 1.75. The van der Waals surface area contributed by atoms with Gasteiger partial charge in [-0.05, 0) is 38.5 Å². The van der Waals surface area contributed by atoms with Crippen molar-refractivity contribution in [1.82, 2.24) is 14.8 Å². The van der Waals surface area contributed by atoms with Gasteiger partial charge in [0.25, 0.3) is 0 Å². The highest BCUT2D eigenvalue weighted by Crippen LogP contribution is 2.13. The van der Waals surface area contributed by atoms with Crippen molar-refractivity contribution in [2.75, 3.05) is 20.6 Å². The van der Waals surface area contributed by atoms with Crippen LogP contribution in [0, 0.1) is 0 Å². The third-order valence-electron chi connectivity index (χ3n) is 2.95. The van der Waals surface area contributed by atoms with E-state index in [-0.39, 0.29) is 19.0 Å². The molecule has 2 amide bonds. The van der Waals surface area contributed by atoms with Crippen molar-refractivity contribution in [1.29, 1.82) is 0 Å². The molecule has 0 aromatic carbocycles. The number of likely N-dealkylation sites (N-methyl/N-ethyl adjacent to an activating group) is 1. The minimum atomic E-state index is -0.636. The van der Waals surface area contributed by atoms with Gasteiger partial charge >= 0.3 is 6.09 Å². The first-order valence-corrected chi connectivity index (χ1v) is 7.44. The van der Waals surface area contributed by atoms with Gasteiger partial charge in [0, 0.05) is 26.8 Å². The fraction of sp³-hybridized carbons (Fsp3) is 0.562. The molecule has 0 saturated carbocycles. The van der Waals surface area contributed by atoms with Crippen LogP contribution in [0.1, 0.15) is 32.0 Å². The summed E-state index contributed by atoms with van der Waals surface area (Å²) in [5.41, 5.74) is 6.56. The Morgan fingerprint density at radius 3 is 2.48 bits per heavy atom. The smallest absolute Gasteiger partial charge is 0.411 e. The number of nitrogens with zero attached hydrogens (tertiary/aromatic N) is 3. The quantitative estimate of drug-likeness (QED) is 0.884. The third-order valence-corrected chi connectivity index (χ3v) is 2.95. The van der Waals surface area contributed by atoms with Gasteiger partial charge in [-0.25, -0.2) is 4.79 Å². The number of carbonyl (C=O) groups excluding carboxylic acids is 2. The zero-order valence-corrected chi connectivity index (χ0v) is 14.5. The number of pyridine rings is 1. The summed E-state index contributed by atoms with van der Waals surface area (Å²) in [6.45, 7) is 5.84. The molecule has 0 saturated heterocycles. The van der Waals surface area contributed by atoms with E-state index in [9.17, 15) is 9.59 Å². The molecule has 7 nitrogen and oxygen atoms in total. The first kappa shape index (κ1) is 18.9. The van der Waals surface area contributed by atoms with E-state index in [1.807, 2.05) is 12.1 Å². The molecular weight excluding hydrogens is 296 g/mol. The van der Waals surface area contributed by atoms with Crippen LogP contribution < -0.4 is 5.73 Å².